The van der Waals surface area contributed by atoms with Gasteiger partial charge in [-0.15, -0.1) is 0 Å². The largest absolute Gasteiger partial charge is 0.372 e. The first-order valence-corrected chi connectivity index (χ1v) is 9.10. The van der Waals surface area contributed by atoms with Crippen LogP contribution >= 0.6 is 11.6 Å². The van der Waals surface area contributed by atoms with E-state index in [4.69, 9.17) is 11.6 Å². The van der Waals surface area contributed by atoms with Crippen molar-refractivity contribution in [3.8, 4) is 0 Å². The van der Waals surface area contributed by atoms with Crippen molar-refractivity contribution in [2.24, 2.45) is 0 Å². The maximum absolute atomic E-state index is 12.4. The molecule has 0 bridgehead atoms. The first-order valence-electron chi connectivity index (χ1n) is 8.72. The van der Waals surface area contributed by atoms with Gasteiger partial charge in [0.1, 0.15) is 6.54 Å². The molecular weight excluding hydrogens is 350 g/mol. The summed E-state index contributed by atoms with van der Waals surface area (Å²) in [7, 11) is 0. The third kappa shape index (κ3) is 4.35. The van der Waals surface area contributed by atoms with Gasteiger partial charge in [-0.05, 0) is 49.2 Å². The number of carbonyl (C=O) groups is 2. The molecule has 0 aliphatic carbocycles. The Morgan fingerprint density at radius 2 is 1.73 bits per heavy atom. The van der Waals surface area contributed by atoms with Crippen molar-refractivity contribution in [2.75, 3.05) is 34.8 Å². The molecule has 0 spiro atoms. The number of nitrogens with zero attached hydrogens (tertiary/aromatic N) is 2. The van der Waals surface area contributed by atoms with Gasteiger partial charge in [0.2, 0.25) is 11.8 Å². The summed E-state index contributed by atoms with van der Waals surface area (Å²) in [5.41, 5.74) is 2.39. The predicted octanol–water partition coefficient (Wildman–Crippen LogP) is 3.93. The molecule has 26 heavy (non-hydrogen) atoms. The first kappa shape index (κ1) is 18.3. The lowest BCUT2D eigenvalue weighted by molar-refractivity contribution is -0.120. The molecule has 1 N–H and O–H groups in total. The lowest BCUT2D eigenvalue weighted by atomic mass is 10.2. The number of hydrogen-bond acceptors (Lipinski definition) is 3. The average Bonchev–Trinajstić information content (AvgIpc) is 3.16. The molecule has 6 heteroatoms. The van der Waals surface area contributed by atoms with E-state index >= 15 is 0 Å². The zero-order chi connectivity index (χ0) is 18.5. The topological polar surface area (TPSA) is 52.7 Å². The van der Waals surface area contributed by atoms with Crippen LogP contribution in [0.3, 0.4) is 0 Å². The summed E-state index contributed by atoms with van der Waals surface area (Å²) >= 11 is 6.06. The number of hydrogen-bond donors (Lipinski definition) is 1. The number of para-hydroxylation sites is 1. The number of nitrogens with one attached hydrogen (secondary N) is 1. The van der Waals surface area contributed by atoms with Crippen LogP contribution in [0.4, 0.5) is 17.1 Å². The lowest BCUT2D eigenvalue weighted by Gasteiger charge is -2.23. The van der Waals surface area contributed by atoms with E-state index in [2.05, 4.69) is 10.2 Å². The number of anilines is 3. The molecular formula is C20H22ClN3O2. The van der Waals surface area contributed by atoms with Gasteiger partial charge in [0.25, 0.3) is 0 Å². The Morgan fingerprint density at radius 1 is 1.08 bits per heavy atom. The Morgan fingerprint density at radius 3 is 2.35 bits per heavy atom. The van der Waals surface area contributed by atoms with E-state index in [0.717, 1.165) is 18.8 Å². The molecule has 0 unspecified atom stereocenters. The molecule has 1 aliphatic rings. The van der Waals surface area contributed by atoms with Gasteiger partial charge < -0.3 is 15.1 Å². The predicted molar refractivity (Wildman–Crippen MR) is 106 cm³/mol. The molecule has 1 saturated heterocycles. The normalized spacial score (nSPS) is 13.5. The molecule has 1 heterocycles. The summed E-state index contributed by atoms with van der Waals surface area (Å²) in [6.45, 7) is 3.52. The molecule has 0 saturated carbocycles. The summed E-state index contributed by atoms with van der Waals surface area (Å²) in [5, 5.41) is 3.21. The highest BCUT2D eigenvalue weighted by Gasteiger charge is 2.18. The second kappa shape index (κ2) is 8.23. The van der Waals surface area contributed by atoms with Gasteiger partial charge in [-0.1, -0.05) is 23.7 Å². The van der Waals surface area contributed by atoms with Crippen LogP contribution in [0, 0.1) is 0 Å². The van der Waals surface area contributed by atoms with Crippen LogP contribution in [0.1, 0.15) is 19.8 Å². The second-order valence-corrected chi connectivity index (χ2v) is 6.75. The Labute approximate surface area is 158 Å². The monoisotopic (exact) mass is 371 g/mol. The van der Waals surface area contributed by atoms with Gasteiger partial charge in [0.05, 0.1) is 10.7 Å². The molecule has 1 fully saturated rings. The highest BCUT2D eigenvalue weighted by Crippen LogP contribution is 2.24. The van der Waals surface area contributed by atoms with Gasteiger partial charge in [-0.2, -0.15) is 0 Å². The summed E-state index contributed by atoms with van der Waals surface area (Å²) < 4.78 is 0. The summed E-state index contributed by atoms with van der Waals surface area (Å²) in [4.78, 5) is 28.2. The van der Waals surface area contributed by atoms with Crippen LogP contribution < -0.4 is 15.1 Å². The Balaban J connectivity index is 1.69. The first-order chi connectivity index (χ1) is 12.5. The molecule has 2 aromatic carbocycles. The lowest BCUT2D eigenvalue weighted by Crippen LogP contribution is -2.36. The highest BCUT2D eigenvalue weighted by atomic mass is 35.5. The minimum Gasteiger partial charge on any atom is -0.372 e. The zero-order valence-electron chi connectivity index (χ0n) is 14.7. The van der Waals surface area contributed by atoms with Crippen LogP contribution in [0.25, 0.3) is 0 Å². The van der Waals surface area contributed by atoms with Crippen molar-refractivity contribution in [1.29, 1.82) is 0 Å². The van der Waals surface area contributed by atoms with E-state index in [1.54, 1.807) is 24.3 Å². The fourth-order valence-electron chi connectivity index (χ4n) is 3.10. The van der Waals surface area contributed by atoms with Crippen LogP contribution in [0.15, 0.2) is 48.5 Å². The maximum atomic E-state index is 12.4. The Kier molecular flexibility index (Phi) is 5.78. The van der Waals surface area contributed by atoms with Crippen molar-refractivity contribution in [3.05, 3.63) is 53.6 Å². The zero-order valence-corrected chi connectivity index (χ0v) is 15.5. The number of benzene rings is 2. The van der Waals surface area contributed by atoms with Crippen LogP contribution in [0.5, 0.6) is 0 Å². The van der Waals surface area contributed by atoms with E-state index in [9.17, 15) is 9.59 Å². The molecule has 0 aromatic heterocycles. The van der Waals surface area contributed by atoms with E-state index < -0.39 is 0 Å². The molecule has 1 aliphatic heterocycles. The van der Waals surface area contributed by atoms with Gasteiger partial charge in [0.15, 0.2) is 0 Å². The van der Waals surface area contributed by atoms with Crippen LogP contribution in [-0.4, -0.2) is 31.4 Å². The summed E-state index contributed by atoms with van der Waals surface area (Å²) in [6, 6.07) is 14.8. The van der Waals surface area contributed by atoms with Gasteiger partial charge in [0, 0.05) is 31.4 Å². The molecule has 3 rings (SSSR count). The highest BCUT2D eigenvalue weighted by molar-refractivity contribution is 6.33. The Hall–Kier alpha value is -2.53. The number of halogens is 1. The van der Waals surface area contributed by atoms with Gasteiger partial charge >= 0.3 is 0 Å². The SMILES string of the molecule is CC(=O)N(CC(=O)Nc1ccccc1Cl)c1ccc(N2CCCC2)cc1. The second-order valence-electron chi connectivity index (χ2n) is 6.34. The van der Waals surface area contributed by atoms with Crippen LogP contribution in [-0.2, 0) is 9.59 Å². The minimum atomic E-state index is -0.295. The Bertz CT molecular complexity index is 786. The molecule has 2 amide bonds. The molecule has 0 radical (unpaired) electrons. The van der Waals surface area contributed by atoms with E-state index in [1.165, 1.54) is 24.7 Å². The van der Waals surface area contributed by atoms with Crippen molar-refractivity contribution in [1.82, 2.24) is 0 Å². The van der Waals surface area contributed by atoms with Gasteiger partial charge in [-0.25, -0.2) is 0 Å². The van der Waals surface area contributed by atoms with Gasteiger partial charge in [-0.3, -0.25) is 9.59 Å². The third-order valence-corrected chi connectivity index (χ3v) is 4.79. The van der Waals surface area contributed by atoms with E-state index in [-0.39, 0.29) is 18.4 Å². The smallest absolute Gasteiger partial charge is 0.244 e. The summed E-state index contributed by atoms with van der Waals surface area (Å²) in [5.74, 6) is -0.481. The fraction of sp³-hybridized carbons (Fsp3) is 0.300. The maximum Gasteiger partial charge on any atom is 0.244 e. The number of carbonyl (C=O) groups excluding carboxylic acids is 2. The minimum absolute atomic E-state index is 0.0659. The number of amides is 2. The standard InChI is InChI=1S/C20H22ClN3O2/c1-15(25)24(14-20(26)22-19-7-3-2-6-18(19)21)17-10-8-16(9-11-17)23-12-4-5-13-23/h2-3,6-11H,4-5,12-14H2,1H3,(H,22,26). The van der Waals surface area contributed by atoms with Crippen molar-refractivity contribution in [3.63, 3.8) is 0 Å². The molecule has 2 aromatic rings. The third-order valence-electron chi connectivity index (χ3n) is 4.46. The number of rotatable bonds is 5. The van der Waals surface area contributed by atoms with Crippen molar-refractivity contribution >= 4 is 40.5 Å². The average molecular weight is 372 g/mol. The van der Waals surface area contributed by atoms with Crippen LogP contribution in [0.2, 0.25) is 5.02 Å². The van der Waals surface area contributed by atoms with E-state index in [1.807, 2.05) is 24.3 Å². The molecule has 5 nitrogen and oxygen atoms in total. The fourth-order valence-corrected chi connectivity index (χ4v) is 3.28. The van der Waals surface area contributed by atoms with Crippen molar-refractivity contribution in [2.45, 2.75) is 19.8 Å². The quantitative estimate of drug-likeness (QED) is 0.866. The van der Waals surface area contributed by atoms with E-state index in [0.29, 0.717) is 16.4 Å². The van der Waals surface area contributed by atoms with Crippen molar-refractivity contribution < 1.29 is 9.59 Å². The summed E-state index contributed by atoms with van der Waals surface area (Å²) in [6.07, 6.45) is 2.42. The molecule has 136 valence electrons. The molecule has 0 atom stereocenters.